The van der Waals surface area contributed by atoms with Gasteiger partial charge in [-0.15, -0.1) is 10.2 Å². The number of nitrogens with zero attached hydrogens (tertiary/aromatic N) is 3. The van der Waals surface area contributed by atoms with Crippen LogP contribution in [-0.4, -0.2) is 34.9 Å². The molecule has 3 heterocycles. The van der Waals surface area contributed by atoms with Gasteiger partial charge in [-0.1, -0.05) is 6.07 Å². The van der Waals surface area contributed by atoms with E-state index in [2.05, 4.69) is 16.3 Å². The van der Waals surface area contributed by atoms with Crippen LogP contribution in [0.4, 0.5) is 4.39 Å². The van der Waals surface area contributed by atoms with Crippen LogP contribution in [0.1, 0.15) is 29.8 Å². The summed E-state index contributed by atoms with van der Waals surface area (Å²) in [6.45, 7) is 3.46. The zero-order valence-electron chi connectivity index (χ0n) is 17.6. The third-order valence-electron chi connectivity index (χ3n) is 6.09. The molecule has 4 aromatic rings. The highest BCUT2D eigenvalue weighted by molar-refractivity contribution is 5.82. The lowest BCUT2D eigenvalue weighted by Gasteiger charge is -2.36. The third-order valence-corrected chi connectivity index (χ3v) is 6.09. The Morgan fingerprint density at radius 2 is 1.90 bits per heavy atom. The molecule has 2 aromatic carbocycles. The second-order valence-electron chi connectivity index (χ2n) is 7.94. The number of rotatable bonds is 5. The van der Waals surface area contributed by atoms with Gasteiger partial charge in [0.15, 0.2) is 5.65 Å². The average molecular weight is 421 g/mol. The Bertz CT molecular complexity index is 1250. The monoisotopic (exact) mass is 421 g/mol. The predicted octanol–water partition coefficient (Wildman–Crippen LogP) is 4.56. The normalized spacial score (nSPS) is 16.1. The molecule has 0 saturated carbocycles. The van der Waals surface area contributed by atoms with Gasteiger partial charge in [-0.2, -0.15) is 0 Å². The summed E-state index contributed by atoms with van der Waals surface area (Å²) in [6, 6.07) is 14.9. The molecule has 0 N–H and O–H groups in total. The number of benzene rings is 2. The van der Waals surface area contributed by atoms with E-state index in [1.165, 1.54) is 12.1 Å². The van der Waals surface area contributed by atoms with Gasteiger partial charge in [0.1, 0.15) is 24.0 Å². The Morgan fingerprint density at radius 3 is 2.71 bits per heavy atom. The zero-order chi connectivity index (χ0) is 21.4. The van der Waals surface area contributed by atoms with Gasteiger partial charge in [0.2, 0.25) is 0 Å². The van der Waals surface area contributed by atoms with Gasteiger partial charge < -0.3 is 14.2 Å². The summed E-state index contributed by atoms with van der Waals surface area (Å²) in [5, 5.41) is 9.38. The van der Waals surface area contributed by atoms with E-state index in [0.29, 0.717) is 38.4 Å². The first kappa shape index (κ1) is 19.9. The molecule has 5 rings (SSSR count). The third kappa shape index (κ3) is 3.64. The number of halogens is 1. The summed E-state index contributed by atoms with van der Waals surface area (Å²) in [5.41, 5.74) is 3.11. The van der Waals surface area contributed by atoms with Crippen molar-refractivity contribution >= 4 is 16.6 Å². The molecule has 0 spiro atoms. The summed E-state index contributed by atoms with van der Waals surface area (Å²) >= 11 is 0. The summed E-state index contributed by atoms with van der Waals surface area (Å²) in [4.78, 5) is 0. The van der Waals surface area contributed by atoms with Crippen LogP contribution in [0.2, 0.25) is 0 Å². The number of ether oxygens (including phenoxy) is 3. The van der Waals surface area contributed by atoms with Gasteiger partial charge in [0.25, 0.3) is 0 Å². The summed E-state index contributed by atoms with van der Waals surface area (Å²) in [5.74, 6) is 1.000. The van der Waals surface area contributed by atoms with E-state index < -0.39 is 5.60 Å². The fraction of sp³-hybridized carbons (Fsp3) is 0.333. The number of aromatic nitrogens is 3. The molecular formula is C24H24FN3O3. The van der Waals surface area contributed by atoms with Crippen LogP contribution >= 0.6 is 0 Å². The van der Waals surface area contributed by atoms with E-state index in [0.717, 1.165) is 33.5 Å². The van der Waals surface area contributed by atoms with Gasteiger partial charge in [-0.3, -0.25) is 4.40 Å². The maximum Gasteiger partial charge on any atom is 0.161 e. The van der Waals surface area contributed by atoms with Crippen molar-refractivity contribution in [3.8, 4) is 5.75 Å². The fourth-order valence-corrected chi connectivity index (χ4v) is 4.37. The van der Waals surface area contributed by atoms with Crippen molar-refractivity contribution in [3.05, 3.63) is 71.3 Å². The Kier molecular flexibility index (Phi) is 5.08. The molecule has 160 valence electrons. The fourth-order valence-electron chi connectivity index (χ4n) is 4.37. The van der Waals surface area contributed by atoms with Crippen LogP contribution in [0, 0.1) is 12.7 Å². The number of hydrogen-bond acceptors (Lipinski definition) is 5. The minimum atomic E-state index is -0.538. The summed E-state index contributed by atoms with van der Waals surface area (Å²) in [7, 11) is 1.67. The summed E-state index contributed by atoms with van der Waals surface area (Å²) < 4.78 is 33.7. The van der Waals surface area contributed by atoms with Crippen molar-refractivity contribution in [1.82, 2.24) is 14.6 Å². The standard InChI is InChI=1S/C24H24FN3O3/c1-16-26-27-23-6-4-18-11-17(3-5-22(18)28(16)23)15-31-21-13-19(12-20(25)14-21)24(29-2)7-9-30-10-8-24/h3-6,11-14H,7-10,15H2,1-2H3. The lowest BCUT2D eigenvalue weighted by atomic mass is 9.86. The topological polar surface area (TPSA) is 57.9 Å². The van der Waals surface area contributed by atoms with Gasteiger partial charge in [-0.25, -0.2) is 4.39 Å². The minimum Gasteiger partial charge on any atom is -0.489 e. The lowest BCUT2D eigenvalue weighted by Crippen LogP contribution is -2.35. The Balaban J connectivity index is 1.40. The minimum absolute atomic E-state index is 0.334. The lowest BCUT2D eigenvalue weighted by molar-refractivity contribution is -0.0950. The number of fused-ring (bicyclic) bond motifs is 3. The number of pyridine rings is 1. The van der Waals surface area contributed by atoms with E-state index in [-0.39, 0.29) is 5.82 Å². The molecule has 1 saturated heterocycles. The second kappa shape index (κ2) is 7.90. The molecule has 0 atom stereocenters. The van der Waals surface area contributed by atoms with E-state index in [9.17, 15) is 4.39 Å². The van der Waals surface area contributed by atoms with E-state index in [1.807, 2.05) is 41.7 Å². The van der Waals surface area contributed by atoms with Gasteiger partial charge >= 0.3 is 0 Å². The first-order chi connectivity index (χ1) is 15.1. The molecule has 7 heteroatoms. The molecule has 0 bridgehead atoms. The first-order valence-corrected chi connectivity index (χ1v) is 10.4. The molecule has 0 radical (unpaired) electrons. The predicted molar refractivity (Wildman–Crippen MR) is 115 cm³/mol. The maximum atomic E-state index is 14.4. The van der Waals surface area contributed by atoms with Crippen molar-refractivity contribution in [2.45, 2.75) is 32.0 Å². The number of methoxy groups -OCH3 is 1. The molecule has 31 heavy (non-hydrogen) atoms. The van der Waals surface area contributed by atoms with Crippen molar-refractivity contribution in [2.24, 2.45) is 0 Å². The van der Waals surface area contributed by atoms with Crippen molar-refractivity contribution in [2.75, 3.05) is 20.3 Å². The molecule has 1 aliphatic heterocycles. The molecule has 6 nitrogen and oxygen atoms in total. The van der Waals surface area contributed by atoms with Crippen LogP contribution < -0.4 is 4.74 Å². The smallest absolute Gasteiger partial charge is 0.161 e. The quantitative estimate of drug-likeness (QED) is 0.473. The highest BCUT2D eigenvalue weighted by Gasteiger charge is 2.35. The summed E-state index contributed by atoms with van der Waals surface area (Å²) in [6.07, 6.45) is 1.38. The number of aryl methyl sites for hydroxylation is 1. The van der Waals surface area contributed by atoms with Crippen LogP contribution in [0.5, 0.6) is 5.75 Å². The Labute approximate surface area is 179 Å². The molecule has 1 aliphatic rings. The largest absolute Gasteiger partial charge is 0.489 e. The molecule has 1 fully saturated rings. The van der Waals surface area contributed by atoms with Gasteiger partial charge in [0.05, 0.1) is 11.1 Å². The molecular weight excluding hydrogens is 397 g/mol. The van der Waals surface area contributed by atoms with E-state index >= 15 is 0 Å². The van der Waals surface area contributed by atoms with Crippen LogP contribution in [0.3, 0.4) is 0 Å². The molecule has 0 amide bonds. The molecule has 2 aromatic heterocycles. The SMILES string of the molecule is COC1(c2cc(F)cc(OCc3ccc4c(ccc5nnc(C)n54)c3)c2)CCOCC1. The highest BCUT2D eigenvalue weighted by atomic mass is 19.1. The Morgan fingerprint density at radius 1 is 1.06 bits per heavy atom. The van der Waals surface area contributed by atoms with Gasteiger partial charge in [-0.05, 0) is 59.8 Å². The van der Waals surface area contributed by atoms with Crippen LogP contribution in [-0.2, 0) is 21.7 Å². The molecule has 0 aliphatic carbocycles. The van der Waals surface area contributed by atoms with Gasteiger partial charge in [0, 0.05) is 39.2 Å². The highest BCUT2D eigenvalue weighted by Crippen LogP contribution is 2.37. The zero-order valence-corrected chi connectivity index (χ0v) is 17.6. The maximum absolute atomic E-state index is 14.4. The second-order valence-corrected chi connectivity index (χ2v) is 7.94. The van der Waals surface area contributed by atoms with Crippen LogP contribution in [0.25, 0.3) is 16.6 Å². The van der Waals surface area contributed by atoms with E-state index in [1.54, 1.807) is 7.11 Å². The van der Waals surface area contributed by atoms with Crippen LogP contribution in [0.15, 0.2) is 48.5 Å². The van der Waals surface area contributed by atoms with Crippen molar-refractivity contribution in [1.29, 1.82) is 0 Å². The van der Waals surface area contributed by atoms with Crippen molar-refractivity contribution < 1.29 is 18.6 Å². The van der Waals surface area contributed by atoms with E-state index in [4.69, 9.17) is 14.2 Å². The molecule has 0 unspecified atom stereocenters. The first-order valence-electron chi connectivity index (χ1n) is 10.4. The van der Waals surface area contributed by atoms with Crippen molar-refractivity contribution in [3.63, 3.8) is 0 Å². The number of hydrogen-bond donors (Lipinski definition) is 0. The Hall–Kier alpha value is -3.03. The average Bonchev–Trinajstić information content (AvgIpc) is 3.18.